The van der Waals surface area contributed by atoms with Crippen LogP contribution >= 0.6 is 11.8 Å². The van der Waals surface area contributed by atoms with Gasteiger partial charge in [0.05, 0.1) is 11.3 Å². The van der Waals surface area contributed by atoms with Crippen LogP contribution in [0.3, 0.4) is 0 Å². The maximum absolute atomic E-state index is 13.8. The number of amides is 3. The van der Waals surface area contributed by atoms with Crippen LogP contribution in [-0.2, 0) is 4.79 Å². The highest BCUT2D eigenvalue weighted by Crippen LogP contribution is 2.24. The first-order valence-corrected chi connectivity index (χ1v) is 9.92. The molecule has 27 heavy (non-hydrogen) atoms. The van der Waals surface area contributed by atoms with Crippen molar-refractivity contribution in [2.24, 2.45) is 5.92 Å². The molecule has 3 rings (SSSR count). The molecule has 9 heteroatoms. The minimum atomic E-state index is -0.471. The van der Waals surface area contributed by atoms with E-state index in [9.17, 15) is 14.0 Å². The van der Waals surface area contributed by atoms with Gasteiger partial charge in [0.1, 0.15) is 5.82 Å². The summed E-state index contributed by atoms with van der Waals surface area (Å²) in [5, 5.41) is 12.1. The highest BCUT2D eigenvalue weighted by molar-refractivity contribution is 7.99. The monoisotopic (exact) mass is 391 g/mol. The Morgan fingerprint density at radius 2 is 2.07 bits per heavy atom. The second-order valence-corrected chi connectivity index (χ2v) is 7.57. The lowest BCUT2D eigenvalue weighted by Crippen LogP contribution is -2.48. The minimum absolute atomic E-state index is 0.0117. The van der Waals surface area contributed by atoms with E-state index >= 15 is 0 Å². The van der Waals surface area contributed by atoms with E-state index in [0.29, 0.717) is 22.5 Å². The predicted octanol–water partition coefficient (Wildman–Crippen LogP) is 3.11. The third-order valence-electron chi connectivity index (χ3n) is 4.61. The molecule has 0 unspecified atom stereocenters. The van der Waals surface area contributed by atoms with Gasteiger partial charge in [-0.15, -0.1) is 5.10 Å². The summed E-state index contributed by atoms with van der Waals surface area (Å²) in [6.07, 6.45) is 4.30. The van der Waals surface area contributed by atoms with Crippen LogP contribution in [0.1, 0.15) is 32.6 Å². The first-order valence-electron chi connectivity index (χ1n) is 8.93. The lowest BCUT2D eigenvalue weighted by molar-refractivity contribution is -0.117. The molecule has 144 valence electrons. The molecule has 2 aromatic rings. The molecule has 1 aromatic heterocycles. The van der Waals surface area contributed by atoms with Crippen molar-refractivity contribution in [3.05, 3.63) is 30.1 Å². The van der Waals surface area contributed by atoms with Gasteiger partial charge in [0, 0.05) is 6.04 Å². The number of hydrogen-bond donors (Lipinski definition) is 3. The Bertz CT molecular complexity index is 813. The largest absolute Gasteiger partial charge is 0.335 e. The summed E-state index contributed by atoms with van der Waals surface area (Å²) in [4.78, 5) is 28.1. The number of H-pyrrole nitrogens is 1. The van der Waals surface area contributed by atoms with Crippen molar-refractivity contribution in [3.8, 4) is 11.4 Å². The summed E-state index contributed by atoms with van der Waals surface area (Å²) >= 11 is 1.07. The molecule has 0 bridgehead atoms. The fourth-order valence-corrected chi connectivity index (χ4v) is 3.71. The maximum atomic E-state index is 13.8. The number of thioether (sulfide) groups is 1. The van der Waals surface area contributed by atoms with Crippen LogP contribution in [0.4, 0.5) is 9.18 Å². The number of urea groups is 1. The van der Waals surface area contributed by atoms with Crippen LogP contribution in [-0.4, -0.2) is 38.9 Å². The van der Waals surface area contributed by atoms with Gasteiger partial charge in [0.15, 0.2) is 5.82 Å². The molecule has 1 aromatic carbocycles. The van der Waals surface area contributed by atoms with Crippen LogP contribution in [0.2, 0.25) is 0 Å². The molecule has 3 N–H and O–H groups in total. The zero-order valence-corrected chi connectivity index (χ0v) is 15.8. The average Bonchev–Trinajstić information content (AvgIpc) is 3.11. The predicted molar refractivity (Wildman–Crippen MR) is 101 cm³/mol. The average molecular weight is 391 g/mol. The summed E-state index contributed by atoms with van der Waals surface area (Å²) in [6.45, 7) is 2.11. The number of halogens is 1. The number of aromatic nitrogens is 3. The van der Waals surface area contributed by atoms with Gasteiger partial charge in [-0.2, -0.15) is 0 Å². The van der Waals surface area contributed by atoms with Crippen molar-refractivity contribution < 1.29 is 14.0 Å². The molecule has 0 saturated heterocycles. The zero-order chi connectivity index (χ0) is 19.2. The van der Waals surface area contributed by atoms with Crippen LogP contribution < -0.4 is 10.6 Å². The summed E-state index contributed by atoms with van der Waals surface area (Å²) in [6, 6.07) is 5.86. The van der Waals surface area contributed by atoms with Crippen LogP contribution in [0.15, 0.2) is 29.4 Å². The number of aromatic amines is 1. The van der Waals surface area contributed by atoms with E-state index < -0.39 is 17.8 Å². The van der Waals surface area contributed by atoms with Gasteiger partial charge in [-0.25, -0.2) is 14.2 Å². The van der Waals surface area contributed by atoms with E-state index in [1.165, 1.54) is 12.5 Å². The summed E-state index contributed by atoms with van der Waals surface area (Å²) in [5.74, 6) is -0.142. The third-order valence-corrected chi connectivity index (χ3v) is 5.45. The Balaban J connectivity index is 1.47. The molecule has 7 nitrogen and oxygen atoms in total. The van der Waals surface area contributed by atoms with Gasteiger partial charge < -0.3 is 5.32 Å². The highest BCUT2D eigenvalue weighted by Gasteiger charge is 2.23. The number of nitrogens with zero attached hydrogens (tertiary/aromatic N) is 2. The van der Waals surface area contributed by atoms with E-state index in [1.807, 2.05) is 0 Å². The highest BCUT2D eigenvalue weighted by atomic mass is 32.2. The van der Waals surface area contributed by atoms with Crippen LogP contribution in [0.25, 0.3) is 11.4 Å². The summed E-state index contributed by atoms with van der Waals surface area (Å²) < 4.78 is 13.8. The second-order valence-electron chi connectivity index (χ2n) is 6.62. The Kier molecular flexibility index (Phi) is 6.44. The van der Waals surface area contributed by atoms with Crippen LogP contribution in [0, 0.1) is 11.7 Å². The molecular formula is C18H22FN5O2S. The SMILES string of the molecule is C[C@@H]1CCCC[C@@H]1NC(=O)NC(=O)CSc1n[nH]c(-c2ccccc2F)n1. The molecule has 1 aliphatic carbocycles. The van der Waals surface area contributed by atoms with E-state index in [1.54, 1.807) is 18.2 Å². The molecular weight excluding hydrogens is 369 g/mol. The van der Waals surface area contributed by atoms with Crippen LogP contribution in [0.5, 0.6) is 0 Å². The van der Waals surface area contributed by atoms with Gasteiger partial charge >= 0.3 is 6.03 Å². The van der Waals surface area contributed by atoms with Crippen molar-refractivity contribution in [3.63, 3.8) is 0 Å². The molecule has 3 amide bonds. The number of benzene rings is 1. The molecule has 1 heterocycles. The molecule has 1 fully saturated rings. The zero-order valence-electron chi connectivity index (χ0n) is 15.0. The van der Waals surface area contributed by atoms with Crippen molar-refractivity contribution in [1.82, 2.24) is 25.8 Å². The third kappa shape index (κ3) is 5.29. The molecule has 1 saturated carbocycles. The Morgan fingerprint density at radius 3 is 2.85 bits per heavy atom. The van der Waals surface area contributed by atoms with Crippen molar-refractivity contribution >= 4 is 23.7 Å². The van der Waals surface area contributed by atoms with E-state index in [4.69, 9.17) is 0 Å². The first kappa shape index (κ1) is 19.3. The molecule has 2 atom stereocenters. The van der Waals surface area contributed by atoms with Crippen molar-refractivity contribution in [2.75, 3.05) is 5.75 Å². The first-order chi connectivity index (χ1) is 13.0. The number of carbonyl (C=O) groups excluding carboxylic acids is 2. The standard InChI is InChI=1S/C18H22FN5O2S/c1-11-6-2-5-9-14(11)20-17(26)21-15(25)10-27-18-22-16(23-24-18)12-7-3-4-8-13(12)19/h3-4,7-8,11,14H,2,5-6,9-10H2,1H3,(H,22,23,24)(H2,20,21,25,26)/t11-,14+/m1/s1. The number of hydrogen-bond acceptors (Lipinski definition) is 5. The van der Waals surface area contributed by atoms with E-state index in [2.05, 4.69) is 32.7 Å². The fraction of sp³-hybridized carbons (Fsp3) is 0.444. The van der Waals surface area contributed by atoms with Crippen molar-refractivity contribution in [2.45, 2.75) is 43.8 Å². The number of carbonyl (C=O) groups is 2. The number of imide groups is 1. The quantitative estimate of drug-likeness (QED) is 0.680. The normalized spacial score (nSPS) is 19.5. The lowest BCUT2D eigenvalue weighted by Gasteiger charge is -2.29. The van der Waals surface area contributed by atoms with Gasteiger partial charge in [0.2, 0.25) is 11.1 Å². The molecule has 0 radical (unpaired) electrons. The summed E-state index contributed by atoms with van der Waals surface area (Å²) in [5.41, 5.74) is 0.308. The number of nitrogens with one attached hydrogen (secondary N) is 3. The van der Waals surface area contributed by atoms with Gasteiger partial charge in [-0.3, -0.25) is 15.2 Å². The van der Waals surface area contributed by atoms with E-state index in [0.717, 1.165) is 31.0 Å². The lowest BCUT2D eigenvalue weighted by atomic mass is 9.86. The minimum Gasteiger partial charge on any atom is -0.335 e. The summed E-state index contributed by atoms with van der Waals surface area (Å²) in [7, 11) is 0. The molecule has 0 spiro atoms. The second kappa shape index (κ2) is 8.98. The maximum Gasteiger partial charge on any atom is 0.321 e. The Morgan fingerprint density at radius 1 is 1.30 bits per heavy atom. The van der Waals surface area contributed by atoms with Gasteiger partial charge in [-0.1, -0.05) is 43.7 Å². The topological polar surface area (TPSA) is 99.8 Å². The van der Waals surface area contributed by atoms with Crippen molar-refractivity contribution in [1.29, 1.82) is 0 Å². The number of rotatable bonds is 5. The van der Waals surface area contributed by atoms with Gasteiger partial charge in [0.25, 0.3) is 0 Å². The molecule has 0 aliphatic heterocycles. The Hall–Kier alpha value is -2.42. The Labute approximate surface area is 160 Å². The van der Waals surface area contributed by atoms with E-state index in [-0.39, 0.29) is 11.8 Å². The smallest absolute Gasteiger partial charge is 0.321 e. The van der Waals surface area contributed by atoms with Gasteiger partial charge in [-0.05, 0) is 30.9 Å². The fourth-order valence-electron chi connectivity index (χ4n) is 3.11. The molecule has 1 aliphatic rings.